The van der Waals surface area contributed by atoms with E-state index in [2.05, 4.69) is 0 Å². The van der Waals surface area contributed by atoms with E-state index >= 15 is 0 Å². The van der Waals surface area contributed by atoms with Crippen LogP contribution in [0.3, 0.4) is 0 Å². The molecule has 0 N–H and O–H groups in total. The normalized spacial score (nSPS) is 15.6. The van der Waals surface area contributed by atoms with Gasteiger partial charge in [0.2, 0.25) is 0 Å². The van der Waals surface area contributed by atoms with Gasteiger partial charge in [0.1, 0.15) is 5.94 Å². The lowest BCUT2D eigenvalue weighted by Gasteiger charge is -2.19. The van der Waals surface area contributed by atoms with E-state index in [4.69, 9.17) is 4.74 Å². The molecule has 0 aliphatic heterocycles. The van der Waals surface area contributed by atoms with E-state index in [0.717, 1.165) is 0 Å². The lowest BCUT2D eigenvalue weighted by molar-refractivity contribution is 0.0248. The van der Waals surface area contributed by atoms with Gasteiger partial charge < -0.3 is 9.29 Å². The van der Waals surface area contributed by atoms with Crippen molar-refractivity contribution in [3.05, 3.63) is 0 Å². The van der Waals surface area contributed by atoms with Gasteiger partial charge in [0.05, 0.1) is 5.60 Å². The van der Waals surface area contributed by atoms with E-state index in [1.54, 1.807) is 20.8 Å². The minimum atomic E-state index is -2.08. The zero-order chi connectivity index (χ0) is 7.49. The number of hydrogen-bond donors (Lipinski definition) is 0. The summed E-state index contributed by atoms with van der Waals surface area (Å²) in [4.78, 5) is 0. The summed E-state index contributed by atoms with van der Waals surface area (Å²) in [6, 6.07) is 0. The van der Waals surface area contributed by atoms with Gasteiger partial charge in [-0.05, 0) is 31.9 Å². The third-order valence-electron chi connectivity index (χ3n) is 0.588. The molecule has 3 nitrogen and oxygen atoms in total. The molecule has 0 fully saturated rings. The maximum Gasteiger partial charge on any atom is 0.109 e. The Labute approximate surface area is 57.7 Å². The molecule has 0 amide bonds. The Morgan fingerprint density at radius 3 is 2.11 bits per heavy atom. The van der Waals surface area contributed by atoms with E-state index in [9.17, 15) is 8.76 Å². The lowest BCUT2D eigenvalue weighted by atomic mass is 10.2. The van der Waals surface area contributed by atoms with Crippen LogP contribution < -0.4 is 0 Å². The van der Waals surface area contributed by atoms with Crippen LogP contribution in [0.5, 0.6) is 0 Å². The minimum absolute atomic E-state index is 0.219. The molecule has 9 heavy (non-hydrogen) atoms. The fourth-order valence-corrected chi connectivity index (χ4v) is 0.675. The molecule has 1 unspecified atom stereocenters. The van der Waals surface area contributed by atoms with Crippen molar-refractivity contribution in [2.75, 3.05) is 5.94 Å². The first kappa shape index (κ1) is 9.07. The highest BCUT2D eigenvalue weighted by Crippen LogP contribution is 2.05. The summed E-state index contributed by atoms with van der Waals surface area (Å²) in [6.45, 7) is 5.42. The second-order valence-electron chi connectivity index (χ2n) is 2.68. The van der Waals surface area contributed by atoms with Gasteiger partial charge in [-0.1, -0.05) is 0 Å². The van der Waals surface area contributed by atoms with Gasteiger partial charge in [-0.2, -0.15) is 0 Å². The first-order valence-electron chi connectivity index (χ1n) is 2.61. The maximum absolute atomic E-state index is 9.92. The van der Waals surface area contributed by atoms with Crippen molar-refractivity contribution in [1.29, 1.82) is 0 Å². The Morgan fingerprint density at radius 2 is 2.00 bits per heavy atom. The largest absolute Gasteiger partial charge is 0.771 e. The molecular formula is C5H11O3S-. The van der Waals surface area contributed by atoms with Crippen LogP contribution in [0.15, 0.2) is 0 Å². The monoisotopic (exact) mass is 151 g/mol. The smallest absolute Gasteiger partial charge is 0.109 e. The maximum atomic E-state index is 9.92. The molecule has 0 aromatic rings. The molecule has 1 atom stereocenters. The zero-order valence-electron chi connectivity index (χ0n) is 5.84. The number of hydrogen-bond acceptors (Lipinski definition) is 3. The number of rotatable bonds is 2. The summed E-state index contributed by atoms with van der Waals surface area (Å²) in [5.74, 6) is -0.219. The fourth-order valence-electron chi connectivity index (χ4n) is 0.225. The summed E-state index contributed by atoms with van der Waals surface area (Å²) in [5, 5.41) is 0. The predicted octanol–water partition coefficient (Wildman–Crippen LogP) is 0.638. The van der Waals surface area contributed by atoms with Crippen LogP contribution in [-0.4, -0.2) is 20.3 Å². The van der Waals surface area contributed by atoms with E-state index < -0.39 is 11.1 Å². The van der Waals surface area contributed by atoms with Crippen molar-refractivity contribution < 1.29 is 13.5 Å². The van der Waals surface area contributed by atoms with Crippen LogP contribution in [0.2, 0.25) is 0 Å². The fraction of sp³-hybridized carbons (Fsp3) is 1.00. The molecule has 0 saturated heterocycles. The third-order valence-corrected chi connectivity index (χ3v) is 0.898. The first-order valence-corrected chi connectivity index (χ1v) is 3.86. The van der Waals surface area contributed by atoms with Crippen LogP contribution in [0.25, 0.3) is 0 Å². The van der Waals surface area contributed by atoms with Crippen LogP contribution in [0.4, 0.5) is 0 Å². The van der Waals surface area contributed by atoms with E-state index in [1.165, 1.54) is 0 Å². The molecule has 0 saturated carbocycles. The highest BCUT2D eigenvalue weighted by molar-refractivity contribution is 7.78. The predicted molar refractivity (Wildman–Crippen MR) is 34.6 cm³/mol. The molecule has 0 bridgehead atoms. The zero-order valence-corrected chi connectivity index (χ0v) is 6.66. The Balaban J connectivity index is 3.39. The molecule has 56 valence electrons. The van der Waals surface area contributed by atoms with Crippen molar-refractivity contribution in [3.63, 3.8) is 0 Å². The Morgan fingerprint density at radius 1 is 1.56 bits per heavy atom. The summed E-state index contributed by atoms with van der Waals surface area (Å²) in [5.41, 5.74) is -0.361. The average Bonchev–Trinajstić information content (AvgIpc) is 1.59. The number of ether oxygens (including phenoxy) is 1. The van der Waals surface area contributed by atoms with Crippen LogP contribution in [0.1, 0.15) is 20.8 Å². The van der Waals surface area contributed by atoms with Crippen molar-refractivity contribution >= 4 is 11.1 Å². The molecule has 0 radical (unpaired) electrons. The Kier molecular flexibility index (Phi) is 3.32. The Hall–Kier alpha value is 0.0700. The molecule has 0 aliphatic carbocycles. The summed E-state index contributed by atoms with van der Waals surface area (Å²) in [6.07, 6.45) is 0. The van der Waals surface area contributed by atoms with Crippen molar-refractivity contribution in [3.8, 4) is 0 Å². The SMILES string of the molecule is CC(C)(C)OCS(=O)[O-]. The van der Waals surface area contributed by atoms with Gasteiger partial charge in [-0.3, -0.25) is 4.21 Å². The van der Waals surface area contributed by atoms with Gasteiger partial charge in [-0.25, -0.2) is 0 Å². The van der Waals surface area contributed by atoms with Gasteiger partial charge >= 0.3 is 0 Å². The van der Waals surface area contributed by atoms with Crippen LogP contribution in [-0.2, 0) is 15.8 Å². The summed E-state index contributed by atoms with van der Waals surface area (Å²) >= 11 is -2.08. The Bertz CT molecular complexity index is 105. The molecule has 4 heteroatoms. The topological polar surface area (TPSA) is 49.4 Å². The molecule has 0 spiro atoms. The van der Waals surface area contributed by atoms with E-state index in [-0.39, 0.29) is 11.5 Å². The molecule has 0 aromatic carbocycles. The molecule has 0 aromatic heterocycles. The quantitative estimate of drug-likeness (QED) is 0.544. The average molecular weight is 151 g/mol. The molecule has 0 aliphatic rings. The van der Waals surface area contributed by atoms with Crippen molar-refractivity contribution in [2.45, 2.75) is 26.4 Å². The van der Waals surface area contributed by atoms with Gasteiger partial charge in [0, 0.05) is 0 Å². The highest BCUT2D eigenvalue weighted by atomic mass is 32.2. The van der Waals surface area contributed by atoms with Gasteiger partial charge in [-0.15, -0.1) is 0 Å². The van der Waals surface area contributed by atoms with Gasteiger partial charge in [0.25, 0.3) is 0 Å². The summed E-state index contributed by atoms with van der Waals surface area (Å²) < 4.78 is 24.7. The van der Waals surface area contributed by atoms with Crippen molar-refractivity contribution in [2.24, 2.45) is 0 Å². The standard InChI is InChI=1S/C5H12O3S/c1-5(2,3)8-4-9(6)7/h4H2,1-3H3,(H,6,7)/p-1. The second-order valence-corrected chi connectivity index (χ2v) is 3.52. The third kappa shape index (κ3) is 8.07. The van der Waals surface area contributed by atoms with Crippen LogP contribution >= 0.6 is 0 Å². The van der Waals surface area contributed by atoms with Gasteiger partial charge in [0.15, 0.2) is 0 Å². The van der Waals surface area contributed by atoms with E-state index in [0.29, 0.717) is 0 Å². The van der Waals surface area contributed by atoms with Crippen LogP contribution in [0, 0.1) is 0 Å². The van der Waals surface area contributed by atoms with Crippen molar-refractivity contribution in [1.82, 2.24) is 0 Å². The highest BCUT2D eigenvalue weighted by Gasteiger charge is 2.08. The lowest BCUT2D eigenvalue weighted by Crippen LogP contribution is -2.21. The molecule has 0 heterocycles. The summed E-state index contributed by atoms with van der Waals surface area (Å²) in [7, 11) is 0. The molecule has 0 rings (SSSR count). The minimum Gasteiger partial charge on any atom is -0.771 e. The first-order chi connectivity index (χ1) is 3.92. The molecular weight excluding hydrogens is 140 g/mol. The van der Waals surface area contributed by atoms with E-state index in [1.807, 2.05) is 0 Å². The second kappa shape index (κ2) is 3.29.